The Morgan fingerprint density at radius 1 is 1.35 bits per heavy atom. The van der Waals surface area contributed by atoms with Crippen LogP contribution in [0.25, 0.3) is 0 Å². The molecule has 0 aromatic heterocycles. The molecule has 3 nitrogen and oxygen atoms in total. The lowest BCUT2D eigenvalue weighted by Gasteiger charge is -2.42. The number of carbonyl (C=O) groups is 1. The van der Waals surface area contributed by atoms with Crippen LogP contribution in [0.1, 0.15) is 36.5 Å². The number of carbonyl (C=O) groups excluding carboxylic acids is 1. The predicted molar refractivity (Wildman–Crippen MR) is 67.7 cm³/mol. The first kappa shape index (κ1) is 10.6. The molecule has 3 heteroatoms. The van der Waals surface area contributed by atoms with Crippen LogP contribution < -0.4 is 5.32 Å². The van der Waals surface area contributed by atoms with Crippen molar-refractivity contribution in [2.75, 3.05) is 5.32 Å². The zero-order chi connectivity index (χ0) is 12.2. The number of amides is 1. The smallest absolute Gasteiger partial charge is 0.224 e. The molecule has 1 unspecified atom stereocenters. The van der Waals surface area contributed by atoms with Gasteiger partial charge < -0.3 is 10.2 Å². The zero-order valence-electron chi connectivity index (χ0n) is 10.6. The minimum absolute atomic E-state index is 0.176. The SMILES string of the molecule is Cc1cc(C)c2c(c1)CN1C(=O)CCC1(C)N2. The number of hydrogen-bond donors (Lipinski definition) is 1. The minimum Gasteiger partial charge on any atom is -0.362 e. The van der Waals surface area contributed by atoms with Gasteiger partial charge in [0.1, 0.15) is 5.66 Å². The molecule has 0 bridgehead atoms. The summed E-state index contributed by atoms with van der Waals surface area (Å²) in [7, 11) is 0. The second kappa shape index (κ2) is 3.25. The van der Waals surface area contributed by atoms with Crippen molar-refractivity contribution < 1.29 is 4.79 Å². The fourth-order valence-corrected chi connectivity index (χ4v) is 3.09. The fraction of sp³-hybridized carbons (Fsp3) is 0.500. The number of anilines is 1. The van der Waals surface area contributed by atoms with E-state index < -0.39 is 0 Å². The van der Waals surface area contributed by atoms with Gasteiger partial charge in [0.2, 0.25) is 5.91 Å². The molecule has 0 radical (unpaired) electrons. The van der Waals surface area contributed by atoms with Gasteiger partial charge in [0.05, 0.1) is 0 Å². The highest BCUT2D eigenvalue weighted by Gasteiger charge is 2.44. The molecule has 1 aromatic carbocycles. The van der Waals surface area contributed by atoms with Gasteiger partial charge in [-0.25, -0.2) is 0 Å². The van der Waals surface area contributed by atoms with E-state index in [1.165, 1.54) is 22.4 Å². The third-order valence-electron chi connectivity index (χ3n) is 4.01. The van der Waals surface area contributed by atoms with Crippen LogP contribution in [0.2, 0.25) is 0 Å². The van der Waals surface area contributed by atoms with Crippen molar-refractivity contribution in [3.8, 4) is 0 Å². The average molecular weight is 230 g/mol. The van der Waals surface area contributed by atoms with Crippen molar-refractivity contribution in [1.29, 1.82) is 0 Å². The molecule has 90 valence electrons. The van der Waals surface area contributed by atoms with Crippen LogP contribution in [0.4, 0.5) is 5.69 Å². The van der Waals surface area contributed by atoms with E-state index in [0.29, 0.717) is 6.42 Å². The summed E-state index contributed by atoms with van der Waals surface area (Å²) < 4.78 is 0. The van der Waals surface area contributed by atoms with E-state index in [0.717, 1.165) is 13.0 Å². The quantitative estimate of drug-likeness (QED) is 0.743. The Balaban J connectivity index is 2.10. The Morgan fingerprint density at radius 3 is 2.88 bits per heavy atom. The van der Waals surface area contributed by atoms with Crippen molar-refractivity contribution in [3.05, 3.63) is 28.8 Å². The summed E-state index contributed by atoms with van der Waals surface area (Å²) in [5.74, 6) is 0.268. The summed E-state index contributed by atoms with van der Waals surface area (Å²) in [5.41, 5.74) is 4.84. The van der Waals surface area contributed by atoms with Crippen molar-refractivity contribution in [1.82, 2.24) is 4.90 Å². The summed E-state index contributed by atoms with van der Waals surface area (Å²) >= 11 is 0. The van der Waals surface area contributed by atoms with Crippen LogP contribution >= 0.6 is 0 Å². The average Bonchev–Trinajstić information content (AvgIpc) is 2.54. The van der Waals surface area contributed by atoms with Crippen LogP contribution in [0.5, 0.6) is 0 Å². The van der Waals surface area contributed by atoms with Gasteiger partial charge in [-0.1, -0.05) is 17.7 Å². The molecule has 1 aromatic rings. The minimum atomic E-state index is -0.176. The van der Waals surface area contributed by atoms with E-state index in [9.17, 15) is 4.79 Å². The summed E-state index contributed by atoms with van der Waals surface area (Å²) in [5, 5.41) is 3.57. The molecule has 0 saturated carbocycles. The Morgan fingerprint density at radius 2 is 2.12 bits per heavy atom. The molecule has 2 heterocycles. The molecule has 0 spiro atoms. The largest absolute Gasteiger partial charge is 0.362 e. The third-order valence-corrected chi connectivity index (χ3v) is 4.01. The Kier molecular flexibility index (Phi) is 2.03. The summed E-state index contributed by atoms with van der Waals surface area (Å²) in [6.07, 6.45) is 1.56. The predicted octanol–water partition coefficient (Wildman–Crippen LogP) is 2.57. The topological polar surface area (TPSA) is 32.3 Å². The molecule has 3 rings (SSSR count). The van der Waals surface area contributed by atoms with Gasteiger partial charge in [-0.3, -0.25) is 4.79 Å². The second-order valence-corrected chi connectivity index (χ2v) is 5.49. The first-order valence-electron chi connectivity index (χ1n) is 6.18. The maximum atomic E-state index is 11.9. The lowest BCUT2D eigenvalue weighted by molar-refractivity contribution is -0.131. The molecular formula is C14H18N2O. The van der Waals surface area contributed by atoms with Gasteiger partial charge in [-0.05, 0) is 38.3 Å². The Bertz CT molecular complexity index is 509. The van der Waals surface area contributed by atoms with E-state index in [1.54, 1.807) is 0 Å². The summed E-state index contributed by atoms with van der Waals surface area (Å²) in [6.45, 7) is 7.11. The number of benzene rings is 1. The van der Waals surface area contributed by atoms with E-state index in [-0.39, 0.29) is 11.6 Å². The maximum absolute atomic E-state index is 11.9. The first-order valence-corrected chi connectivity index (χ1v) is 6.18. The van der Waals surface area contributed by atoms with E-state index in [2.05, 4.69) is 38.2 Å². The third kappa shape index (κ3) is 1.45. The highest BCUT2D eigenvalue weighted by Crippen LogP contribution is 2.40. The lowest BCUT2D eigenvalue weighted by atomic mass is 9.97. The summed E-state index contributed by atoms with van der Waals surface area (Å²) in [4.78, 5) is 13.9. The maximum Gasteiger partial charge on any atom is 0.224 e. The van der Waals surface area contributed by atoms with Gasteiger partial charge in [-0.2, -0.15) is 0 Å². The number of nitrogens with zero attached hydrogens (tertiary/aromatic N) is 1. The van der Waals surface area contributed by atoms with Gasteiger partial charge in [0.15, 0.2) is 0 Å². The van der Waals surface area contributed by atoms with Crippen LogP contribution in [0, 0.1) is 13.8 Å². The molecule has 1 atom stereocenters. The second-order valence-electron chi connectivity index (χ2n) is 5.49. The molecule has 0 aliphatic carbocycles. The standard InChI is InChI=1S/C14H18N2O/c1-9-6-10(2)13-11(7-9)8-16-12(17)4-5-14(16,3)15-13/h6-7,15H,4-5,8H2,1-3H3. The van der Waals surface area contributed by atoms with Crippen LogP contribution in [-0.4, -0.2) is 16.5 Å². The normalized spacial score (nSPS) is 26.5. The molecule has 1 amide bonds. The molecule has 1 saturated heterocycles. The fourth-order valence-electron chi connectivity index (χ4n) is 3.09. The van der Waals surface area contributed by atoms with Crippen molar-refractivity contribution in [2.24, 2.45) is 0 Å². The summed E-state index contributed by atoms with van der Waals surface area (Å²) in [6, 6.07) is 4.38. The number of nitrogens with one attached hydrogen (secondary N) is 1. The van der Waals surface area contributed by atoms with Crippen LogP contribution in [0.15, 0.2) is 12.1 Å². The van der Waals surface area contributed by atoms with E-state index in [1.807, 2.05) is 4.90 Å². The monoisotopic (exact) mass is 230 g/mol. The Labute approximate surface area is 102 Å². The first-order chi connectivity index (χ1) is 7.99. The van der Waals surface area contributed by atoms with Gasteiger partial charge in [0, 0.05) is 18.7 Å². The lowest BCUT2D eigenvalue weighted by Crippen LogP contribution is -2.51. The van der Waals surface area contributed by atoms with E-state index in [4.69, 9.17) is 0 Å². The van der Waals surface area contributed by atoms with Gasteiger partial charge in [0.25, 0.3) is 0 Å². The molecule has 1 N–H and O–H groups in total. The van der Waals surface area contributed by atoms with Crippen molar-refractivity contribution >= 4 is 11.6 Å². The highest BCUT2D eigenvalue weighted by molar-refractivity contribution is 5.82. The molecule has 17 heavy (non-hydrogen) atoms. The van der Waals surface area contributed by atoms with Gasteiger partial charge in [-0.15, -0.1) is 0 Å². The zero-order valence-corrected chi connectivity index (χ0v) is 10.6. The number of fused-ring (bicyclic) bond motifs is 2. The number of aryl methyl sites for hydroxylation is 2. The number of rotatable bonds is 0. The Hall–Kier alpha value is -1.51. The number of hydrogen-bond acceptors (Lipinski definition) is 2. The molecule has 2 aliphatic rings. The van der Waals surface area contributed by atoms with Gasteiger partial charge >= 0.3 is 0 Å². The van der Waals surface area contributed by atoms with Crippen molar-refractivity contribution in [2.45, 2.75) is 45.8 Å². The molecule has 1 fully saturated rings. The highest BCUT2D eigenvalue weighted by atomic mass is 16.2. The van der Waals surface area contributed by atoms with E-state index >= 15 is 0 Å². The van der Waals surface area contributed by atoms with Crippen LogP contribution in [0.3, 0.4) is 0 Å². The molecular weight excluding hydrogens is 212 g/mol. The van der Waals surface area contributed by atoms with Crippen LogP contribution in [-0.2, 0) is 11.3 Å². The molecule has 2 aliphatic heterocycles. The van der Waals surface area contributed by atoms with Crippen molar-refractivity contribution in [3.63, 3.8) is 0 Å².